The highest BCUT2D eigenvalue weighted by molar-refractivity contribution is 5.44. The highest BCUT2D eigenvalue weighted by Crippen LogP contribution is 2.22. The van der Waals surface area contributed by atoms with Crippen molar-refractivity contribution < 1.29 is 0 Å². The molecular weight excluding hydrogens is 226 g/mol. The highest BCUT2D eigenvalue weighted by Gasteiger charge is 2.23. The molecule has 1 aliphatic heterocycles. The molecule has 4 nitrogen and oxygen atoms in total. The van der Waals surface area contributed by atoms with Crippen LogP contribution in [0, 0.1) is 24.2 Å². The fourth-order valence-electron chi connectivity index (χ4n) is 2.68. The second-order valence-electron chi connectivity index (χ2n) is 5.40. The minimum Gasteiger partial charge on any atom is -0.325 e. The molecule has 1 N–H and O–H groups in total. The zero-order valence-corrected chi connectivity index (χ0v) is 11.2. The minimum absolute atomic E-state index is 0.244. The SMILES string of the molecule is Cc1[nH]c(=O)c(C#N)c2c1CN(CC(C)C)CC2. The lowest BCUT2D eigenvalue weighted by Crippen LogP contribution is -2.36. The third-order valence-corrected chi connectivity index (χ3v) is 3.44. The first-order valence-corrected chi connectivity index (χ1v) is 6.40. The predicted molar refractivity (Wildman–Crippen MR) is 70.3 cm³/mol. The van der Waals surface area contributed by atoms with Gasteiger partial charge in [0.2, 0.25) is 0 Å². The molecule has 1 aromatic rings. The number of nitrogens with one attached hydrogen (secondary N) is 1. The number of fused-ring (bicyclic) bond motifs is 1. The molecule has 1 aromatic heterocycles. The van der Waals surface area contributed by atoms with E-state index < -0.39 is 0 Å². The van der Waals surface area contributed by atoms with Crippen molar-refractivity contribution >= 4 is 0 Å². The van der Waals surface area contributed by atoms with Crippen LogP contribution in [0.3, 0.4) is 0 Å². The molecule has 0 atom stereocenters. The summed E-state index contributed by atoms with van der Waals surface area (Å²) in [5.41, 5.74) is 3.06. The summed E-state index contributed by atoms with van der Waals surface area (Å²) in [6.45, 7) is 9.15. The van der Waals surface area contributed by atoms with Gasteiger partial charge in [0, 0.05) is 25.3 Å². The summed E-state index contributed by atoms with van der Waals surface area (Å²) >= 11 is 0. The van der Waals surface area contributed by atoms with Gasteiger partial charge in [0.1, 0.15) is 11.6 Å². The number of aryl methyl sites for hydroxylation is 1. The van der Waals surface area contributed by atoms with E-state index in [1.165, 1.54) is 0 Å². The Hall–Kier alpha value is -1.60. The van der Waals surface area contributed by atoms with E-state index >= 15 is 0 Å². The molecule has 0 saturated heterocycles. The Balaban J connectivity index is 2.39. The first-order chi connectivity index (χ1) is 8.52. The maximum atomic E-state index is 11.7. The molecule has 0 amide bonds. The summed E-state index contributed by atoms with van der Waals surface area (Å²) in [6.07, 6.45) is 0.801. The molecule has 0 saturated carbocycles. The topological polar surface area (TPSA) is 59.9 Å². The Kier molecular flexibility index (Phi) is 3.53. The summed E-state index contributed by atoms with van der Waals surface area (Å²) in [5, 5.41) is 9.09. The van der Waals surface area contributed by atoms with Crippen LogP contribution in [0.5, 0.6) is 0 Å². The van der Waals surface area contributed by atoms with Crippen molar-refractivity contribution in [1.29, 1.82) is 5.26 Å². The van der Waals surface area contributed by atoms with E-state index in [0.717, 1.165) is 42.9 Å². The third-order valence-electron chi connectivity index (χ3n) is 3.44. The Bertz CT molecular complexity index is 551. The van der Waals surface area contributed by atoms with Gasteiger partial charge in [-0.25, -0.2) is 0 Å². The normalized spacial score (nSPS) is 15.5. The number of aromatic nitrogens is 1. The molecule has 96 valence electrons. The minimum atomic E-state index is -0.244. The first-order valence-electron chi connectivity index (χ1n) is 6.40. The van der Waals surface area contributed by atoms with Crippen LogP contribution in [-0.2, 0) is 13.0 Å². The van der Waals surface area contributed by atoms with E-state index in [1.807, 2.05) is 13.0 Å². The van der Waals surface area contributed by atoms with Crippen molar-refractivity contribution in [2.24, 2.45) is 5.92 Å². The number of hydrogen-bond acceptors (Lipinski definition) is 3. The Morgan fingerprint density at radius 1 is 1.44 bits per heavy atom. The van der Waals surface area contributed by atoms with Gasteiger partial charge in [-0.05, 0) is 30.4 Å². The van der Waals surface area contributed by atoms with Gasteiger partial charge in [-0.15, -0.1) is 0 Å². The number of nitrogens with zero attached hydrogens (tertiary/aromatic N) is 2. The van der Waals surface area contributed by atoms with Crippen LogP contribution in [0.25, 0.3) is 0 Å². The highest BCUT2D eigenvalue weighted by atomic mass is 16.1. The number of pyridine rings is 1. The number of nitriles is 1. The molecular formula is C14H19N3O. The van der Waals surface area contributed by atoms with Crippen LogP contribution in [0.2, 0.25) is 0 Å². The van der Waals surface area contributed by atoms with Crippen molar-refractivity contribution in [2.75, 3.05) is 13.1 Å². The first kappa shape index (κ1) is 12.8. The second kappa shape index (κ2) is 4.95. The molecule has 0 bridgehead atoms. The molecule has 0 radical (unpaired) electrons. The molecule has 4 heteroatoms. The van der Waals surface area contributed by atoms with Gasteiger partial charge in [-0.1, -0.05) is 13.8 Å². The van der Waals surface area contributed by atoms with Crippen molar-refractivity contribution in [3.8, 4) is 6.07 Å². The van der Waals surface area contributed by atoms with E-state index in [2.05, 4.69) is 23.7 Å². The van der Waals surface area contributed by atoms with Crippen molar-refractivity contribution in [3.05, 3.63) is 32.7 Å². The van der Waals surface area contributed by atoms with Gasteiger partial charge in [0.25, 0.3) is 5.56 Å². The number of aromatic amines is 1. The molecule has 0 aromatic carbocycles. The lowest BCUT2D eigenvalue weighted by atomic mass is 9.94. The van der Waals surface area contributed by atoms with Gasteiger partial charge in [0.05, 0.1) is 0 Å². The smallest absolute Gasteiger partial charge is 0.266 e. The van der Waals surface area contributed by atoms with E-state index in [1.54, 1.807) is 0 Å². The second-order valence-corrected chi connectivity index (χ2v) is 5.40. The quantitative estimate of drug-likeness (QED) is 0.860. The molecule has 18 heavy (non-hydrogen) atoms. The third kappa shape index (κ3) is 2.32. The molecule has 0 fully saturated rings. The van der Waals surface area contributed by atoms with Gasteiger partial charge in [-0.2, -0.15) is 5.26 Å². The summed E-state index contributed by atoms with van der Waals surface area (Å²) in [5.74, 6) is 0.630. The van der Waals surface area contributed by atoms with Crippen LogP contribution in [0.1, 0.15) is 36.2 Å². The van der Waals surface area contributed by atoms with Crippen LogP contribution in [0.15, 0.2) is 4.79 Å². The zero-order chi connectivity index (χ0) is 13.3. The van der Waals surface area contributed by atoms with Crippen LogP contribution >= 0.6 is 0 Å². The molecule has 2 heterocycles. The van der Waals surface area contributed by atoms with Gasteiger partial charge < -0.3 is 4.98 Å². The number of H-pyrrole nitrogens is 1. The van der Waals surface area contributed by atoms with E-state index in [4.69, 9.17) is 5.26 Å². The van der Waals surface area contributed by atoms with Crippen LogP contribution in [-0.4, -0.2) is 23.0 Å². The maximum Gasteiger partial charge on any atom is 0.266 e. The van der Waals surface area contributed by atoms with Crippen molar-refractivity contribution in [3.63, 3.8) is 0 Å². The van der Waals surface area contributed by atoms with Gasteiger partial charge in [-0.3, -0.25) is 9.69 Å². The zero-order valence-electron chi connectivity index (χ0n) is 11.2. The summed E-state index contributed by atoms with van der Waals surface area (Å²) in [7, 11) is 0. The average molecular weight is 245 g/mol. The standard InChI is InChI=1S/C14H19N3O/c1-9(2)7-17-5-4-11-12(6-15)14(18)16-10(3)13(11)8-17/h9H,4-5,7-8H2,1-3H3,(H,16,18). The molecule has 1 aliphatic rings. The van der Waals surface area contributed by atoms with Crippen LogP contribution < -0.4 is 5.56 Å². The predicted octanol–water partition coefficient (Wildman–Crippen LogP) is 1.57. The Morgan fingerprint density at radius 3 is 2.78 bits per heavy atom. The lowest BCUT2D eigenvalue weighted by Gasteiger charge is -2.31. The summed E-state index contributed by atoms with van der Waals surface area (Å²) in [6, 6.07) is 2.04. The fraction of sp³-hybridized carbons (Fsp3) is 0.571. The average Bonchev–Trinajstić information content (AvgIpc) is 2.29. The molecule has 2 rings (SSSR count). The largest absolute Gasteiger partial charge is 0.325 e. The number of rotatable bonds is 2. The maximum absolute atomic E-state index is 11.7. The monoisotopic (exact) mass is 245 g/mol. The number of hydrogen-bond donors (Lipinski definition) is 1. The Labute approximate surface area is 107 Å². The summed E-state index contributed by atoms with van der Waals surface area (Å²) < 4.78 is 0. The Morgan fingerprint density at radius 2 is 2.17 bits per heavy atom. The van der Waals surface area contributed by atoms with Gasteiger partial charge >= 0.3 is 0 Å². The molecule has 0 aliphatic carbocycles. The van der Waals surface area contributed by atoms with Crippen molar-refractivity contribution in [2.45, 2.75) is 33.7 Å². The lowest BCUT2D eigenvalue weighted by molar-refractivity contribution is 0.225. The van der Waals surface area contributed by atoms with Crippen LogP contribution in [0.4, 0.5) is 0 Å². The molecule has 0 spiro atoms. The fourth-order valence-corrected chi connectivity index (χ4v) is 2.68. The molecule has 0 unspecified atom stereocenters. The van der Waals surface area contributed by atoms with E-state index in [9.17, 15) is 4.79 Å². The summed E-state index contributed by atoms with van der Waals surface area (Å²) in [4.78, 5) is 16.9. The van der Waals surface area contributed by atoms with Crippen molar-refractivity contribution in [1.82, 2.24) is 9.88 Å². The van der Waals surface area contributed by atoms with E-state index in [0.29, 0.717) is 11.5 Å². The van der Waals surface area contributed by atoms with Gasteiger partial charge in [0.15, 0.2) is 0 Å². The van der Waals surface area contributed by atoms with E-state index in [-0.39, 0.29) is 5.56 Å².